The van der Waals surface area contributed by atoms with Gasteiger partial charge >= 0.3 is 5.97 Å². The minimum Gasteiger partial charge on any atom is -0.480 e. The first-order chi connectivity index (χ1) is 9.50. The molecule has 7 nitrogen and oxygen atoms in total. The number of hydrogen-bond donors (Lipinski definition) is 1. The second kappa shape index (κ2) is 5.68. The predicted octanol–water partition coefficient (Wildman–Crippen LogP) is 1.67. The summed E-state index contributed by atoms with van der Waals surface area (Å²) in [4.78, 5) is 34.8. The first-order valence-corrected chi connectivity index (χ1v) is 6.29. The van der Waals surface area contributed by atoms with Gasteiger partial charge in [-0.25, -0.2) is 4.79 Å². The van der Waals surface area contributed by atoms with Gasteiger partial charge in [0.05, 0.1) is 4.92 Å². The van der Waals surface area contributed by atoms with Crippen molar-refractivity contribution in [3.63, 3.8) is 0 Å². The predicted molar refractivity (Wildman–Crippen MR) is 69.4 cm³/mol. The van der Waals surface area contributed by atoms with Gasteiger partial charge in [0, 0.05) is 24.2 Å². The Balaban J connectivity index is 2.20. The van der Waals surface area contributed by atoms with Gasteiger partial charge in [0.1, 0.15) is 6.04 Å². The lowest BCUT2D eigenvalue weighted by molar-refractivity contribution is -0.384. The van der Waals surface area contributed by atoms with Crippen molar-refractivity contribution in [3.8, 4) is 0 Å². The molecule has 1 aromatic carbocycles. The van der Waals surface area contributed by atoms with Gasteiger partial charge in [-0.1, -0.05) is 0 Å². The number of carboxylic acids is 1. The van der Waals surface area contributed by atoms with Gasteiger partial charge in [-0.05, 0) is 31.4 Å². The molecule has 0 saturated carbocycles. The third-order valence-corrected chi connectivity index (χ3v) is 3.37. The monoisotopic (exact) mass is 278 g/mol. The molecule has 0 radical (unpaired) electrons. The normalized spacial score (nSPS) is 18.6. The first kappa shape index (κ1) is 14.0. The number of likely N-dealkylation sites (tertiary alicyclic amines) is 1. The minimum absolute atomic E-state index is 0.102. The average molecular weight is 278 g/mol. The van der Waals surface area contributed by atoms with Crippen molar-refractivity contribution in [2.24, 2.45) is 0 Å². The summed E-state index contributed by atoms with van der Waals surface area (Å²) in [6.07, 6.45) is 1.98. The molecule has 106 valence electrons. The van der Waals surface area contributed by atoms with Crippen molar-refractivity contribution in [2.45, 2.75) is 25.3 Å². The highest BCUT2D eigenvalue weighted by molar-refractivity contribution is 5.96. The molecular weight excluding hydrogens is 264 g/mol. The van der Waals surface area contributed by atoms with E-state index in [1.165, 1.54) is 29.2 Å². The van der Waals surface area contributed by atoms with Gasteiger partial charge in [-0.3, -0.25) is 14.9 Å². The van der Waals surface area contributed by atoms with Crippen molar-refractivity contribution in [1.29, 1.82) is 0 Å². The third kappa shape index (κ3) is 2.76. The van der Waals surface area contributed by atoms with Crippen molar-refractivity contribution < 1.29 is 19.6 Å². The smallest absolute Gasteiger partial charge is 0.326 e. The van der Waals surface area contributed by atoms with Gasteiger partial charge < -0.3 is 10.0 Å². The number of piperidine rings is 1. The zero-order chi connectivity index (χ0) is 14.7. The number of carbonyl (C=O) groups is 2. The van der Waals surface area contributed by atoms with Gasteiger partial charge in [-0.15, -0.1) is 0 Å². The minimum atomic E-state index is -1.01. The number of benzene rings is 1. The molecule has 2 rings (SSSR count). The Morgan fingerprint density at radius 2 is 1.90 bits per heavy atom. The largest absolute Gasteiger partial charge is 0.480 e. The number of rotatable bonds is 3. The molecule has 1 aliphatic heterocycles. The summed E-state index contributed by atoms with van der Waals surface area (Å²) in [6.45, 7) is 0.396. The lowest BCUT2D eigenvalue weighted by Gasteiger charge is -2.32. The molecule has 1 N–H and O–H groups in total. The summed E-state index contributed by atoms with van der Waals surface area (Å²) in [5.74, 6) is -1.41. The van der Waals surface area contributed by atoms with Crippen molar-refractivity contribution in [3.05, 3.63) is 39.9 Å². The number of nitro groups is 1. The molecule has 1 aromatic rings. The topological polar surface area (TPSA) is 101 Å². The summed E-state index contributed by atoms with van der Waals surface area (Å²) < 4.78 is 0. The van der Waals surface area contributed by atoms with Crippen LogP contribution in [0.5, 0.6) is 0 Å². The number of carbonyl (C=O) groups excluding carboxylic acids is 1. The molecule has 1 heterocycles. The van der Waals surface area contributed by atoms with Crippen LogP contribution in [-0.2, 0) is 4.79 Å². The van der Waals surface area contributed by atoms with Gasteiger partial charge in [-0.2, -0.15) is 0 Å². The Labute approximate surface area is 115 Å². The van der Waals surface area contributed by atoms with E-state index in [0.29, 0.717) is 13.0 Å². The lowest BCUT2D eigenvalue weighted by Crippen LogP contribution is -2.47. The van der Waals surface area contributed by atoms with Crippen LogP contribution in [0.2, 0.25) is 0 Å². The Morgan fingerprint density at radius 1 is 1.25 bits per heavy atom. The fraction of sp³-hybridized carbons (Fsp3) is 0.385. The van der Waals surface area contributed by atoms with Crippen molar-refractivity contribution in [1.82, 2.24) is 4.90 Å². The average Bonchev–Trinajstić information content (AvgIpc) is 2.46. The van der Waals surface area contributed by atoms with E-state index in [9.17, 15) is 19.7 Å². The first-order valence-electron chi connectivity index (χ1n) is 6.29. The van der Waals surface area contributed by atoms with Crippen LogP contribution in [0.3, 0.4) is 0 Å². The summed E-state index contributed by atoms with van der Waals surface area (Å²) >= 11 is 0. The van der Waals surface area contributed by atoms with Crippen LogP contribution in [0.4, 0.5) is 5.69 Å². The van der Waals surface area contributed by atoms with Crippen LogP contribution in [0.15, 0.2) is 24.3 Å². The molecule has 1 unspecified atom stereocenters. The number of nitrogens with zero attached hydrogens (tertiary/aromatic N) is 2. The maximum atomic E-state index is 12.3. The van der Waals surface area contributed by atoms with Crippen LogP contribution < -0.4 is 0 Å². The molecule has 0 spiro atoms. The fourth-order valence-corrected chi connectivity index (χ4v) is 2.32. The highest BCUT2D eigenvalue weighted by atomic mass is 16.6. The molecular formula is C13H14N2O5. The molecule has 0 aromatic heterocycles. The van der Waals surface area contributed by atoms with E-state index in [2.05, 4.69) is 0 Å². The third-order valence-electron chi connectivity index (χ3n) is 3.37. The summed E-state index contributed by atoms with van der Waals surface area (Å²) in [6, 6.07) is 4.38. The molecule has 0 aliphatic carbocycles. The molecule has 1 amide bonds. The Bertz CT molecular complexity index is 540. The van der Waals surface area contributed by atoms with Gasteiger partial charge in [0.25, 0.3) is 11.6 Å². The number of non-ortho nitro benzene ring substituents is 1. The van der Waals surface area contributed by atoms with Crippen molar-refractivity contribution in [2.75, 3.05) is 6.54 Å². The van der Waals surface area contributed by atoms with E-state index in [1.54, 1.807) is 0 Å². The van der Waals surface area contributed by atoms with Gasteiger partial charge in [0.2, 0.25) is 0 Å². The standard InChI is InChI=1S/C13H14N2O5/c16-12(9-4-6-10(7-5-9)15(19)20)14-8-2-1-3-11(14)13(17)18/h4-7,11H,1-3,8H2,(H,17,18). The number of hydrogen-bond acceptors (Lipinski definition) is 4. The Hall–Kier alpha value is -2.44. The fourth-order valence-electron chi connectivity index (χ4n) is 2.32. The van der Waals surface area contributed by atoms with E-state index in [-0.39, 0.29) is 11.3 Å². The number of carboxylic acid groups (broad SMARTS) is 1. The molecule has 1 atom stereocenters. The second-order valence-electron chi connectivity index (χ2n) is 4.65. The summed E-state index contributed by atoms with van der Waals surface area (Å²) in [7, 11) is 0. The quantitative estimate of drug-likeness (QED) is 0.669. The highest BCUT2D eigenvalue weighted by Gasteiger charge is 2.32. The number of aliphatic carboxylic acids is 1. The van der Waals surface area contributed by atoms with E-state index in [0.717, 1.165) is 12.8 Å². The number of amides is 1. The summed E-state index contributed by atoms with van der Waals surface area (Å²) in [5.41, 5.74) is 0.165. The van der Waals surface area contributed by atoms with Crippen molar-refractivity contribution >= 4 is 17.6 Å². The van der Waals surface area contributed by atoms with Crippen LogP contribution in [-0.4, -0.2) is 39.4 Å². The Morgan fingerprint density at radius 3 is 2.45 bits per heavy atom. The van der Waals surface area contributed by atoms with E-state index < -0.39 is 22.8 Å². The molecule has 1 aliphatic rings. The Kier molecular flexibility index (Phi) is 3.97. The summed E-state index contributed by atoms with van der Waals surface area (Å²) in [5, 5.41) is 19.7. The van der Waals surface area contributed by atoms with E-state index in [1.807, 2.05) is 0 Å². The maximum absolute atomic E-state index is 12.3. The van der Waals surface area contributed by atoms with Crippen LogP contribution in [0.25, 0.3) is 0 Å². The van der Waals surface area contributed by atoms with E-state index in [4.69, 9.17) is 5.11 Å². The molecule has 1 fully saturated rings. The highest BCUT2D eigenvalue weighted by Crippen LogP contribution is 2.21. The van der Waals surface area contributed by atoms with Crippen LogP contribution in [0.1, 0.15) is 29.6 Å². The zero-order valence-corrected chi connectivity index (χ0v) is 10.7. The lowest BCUT2D eigenvalue weighted by atomic mass is 10.0. The van der Waals surface area contributed by atoms with E-state index >= 15 is 0 Å². The van der Waals surface area contributed by atoms with Crippen LogP contribution >= 0.6 is 0 Å². The molecule has 20 heavy (non-hydrogen) atoms. The molecule has 0 bridgehead atoms. The van der Waals surface area contributed by atoms with Crippen LogP contribution in [0, 0.1) is 10.1 Å². The molecule has 1 saturated heterocycles. The number of nitro benzene ring substituents is 1. The molecule has 7 heteroatoms. The van der Waals surface area contributed by atoms with Gasteiger partial charge in [0.15, 0.2) is 0 Å². The maximum Gasteiger partial charge on any atom is 0.326 e. The SMILES string of the molecule is O=C(O)C1CCCCN1C(=O)c1ccc([N+](=O)[O-])cc1. The zero-order valence-electron chi connectivity index (χ0n) is 10.7. The second-order valence-corrected chi connectivity index (χ2v) is 4.65.